The molecule has 0 aliphatic rings. The third-order valence-corrected chi connectivity index (χ3v) is 3.90. The third kappa shape index (κ3) is 2.23. The number of hydrogen-bond acceptors (Lipinski definition) is 3. The Bertz CT molecular complexity index is 994. The maximum absolute atomic E-state index is 6.01. The Hall–Kier alpha value is -2.40. The van der Waals surface area contributed by atoms with Crippen LogP contribution in [0.5, 0.6) is 11.6 Å². The van der Waals surface area contributed by atoms with Gasteiger partial charge < -0.3 is 4.74 Å². The Labute approximate surface area is 135 Å². The van der Waals surface area contributed by atoms with Crippen LogP contribution in [0.2, 0.25) is 0 Å². The number of aromatic nitrogens is 3. The fourth-order valence-corrected chi connectivity index (χ4v) is 2.84. The minimum absolute atomic E-state index is 0.584. The molecule has 4 nitrogen and oxygen atoms in total. The zero-order valence-corrected chi connectivity index (χ0v) is 13.4. The number of ether oxygens (including phenoxy) is 1. The normalized spacial score (nSPS) is 11.2. The van der Waals surface area contributed by atoms with Crippen LogP contribution in [0.4, 0.5) is 0 Å². The van der Waals surface area contributed by atoms with Gasteiger partial charge in [-0.3, -0.25) is 0 Å². The van der Waals surface area contributed by atoms with Crippen molar-refractivity contribution in [2.75, 3.05) is 0 Å². The van der Waals surface area contributed by atoms with Crippen molar-refractivity contribution in [1.82, 2.24) is 14.6 Å². The topological polar surface area (TPSA) is 39.4 Å². The van der Waals surface area contributed by atoms with Crippen LogP contribution in [-0.4, -0.2) is 14.6 Å². The molecule has 5 heteroatoms. The molecular weight excluding hydrogens is 342 g/mol. The monoisotopic (exact) mass is 353 g/mol. The molecule has 0 aliphatic carbocycles. The number of aryl methyl sites for hydroxylation is 1. The van der Waals surface area contributed by atoms with E-state index >= 15 is 0 Å². The van der Waals surface area contributed by atoms with E-state index in [1.54, 1.807) is 0 Å². The molecule has 0 fully saturated rings. The SMILES string of the molecule is Cc1cc2nc(Oc3cccc(Br)c3)c3ccccc3n2n1. The van der Waals surface area contributed by atoms with Gasteiger partial charge in [-0.15, -0.1) is 0 Å². The van der Waals surface area contributed by atoms with Gasteiger partial charge >= 0.3 is 0 Å². The Morgan fingerprint density at radius 2 is 1.91 bits per heavy atom. The van der Waals surface area contributed by atoms with Crippen molar-refractivity contribution in [3.8, 4) is 11.6 Å². The van der Waals surface area contributed by atoms with Crippen LogP contribution in [-0.2, 0) is 0 Å². The molecule has 0 amide bonds. The predicted molar refractivity (Wildman–Crippen MR) is 89.4 cm³/mol. The fraction of sp³-hybridized carbons (Fsp3) is 0.0588. The van der Waals surface area contributed by atoms with Crippen LogP contribution in [0.15, 0.2) is 59.1 Å². The first-order valence-electron chi connectivity index (χ1n) is 6.89. The fourth-order valence-electron chi connectivity index (χ4n) is 2.47. The van der Waals surface area contributed by atoms with E-state index in [0.717, 1.165) is 32.5 Å². The summed E-state index contributed by atoms with van der Waals surface area (Å²) < 4.78 is 8.82. The van der Waals surface area contributed by atoms with Gasteiger partial charge in [0.2, 0.25) is 5.88 Å². The Morgan fingerprint density at radius 1 is 1.05 bits per heavy atom. The van der Waals surface area contributed by atoms with Gasteiger partial charge in [0.25, 0.3) is 0 Å². The summed E-state index contributed by atoms with van der Waals surface area (Å²) in [4.78, 5) is 4.61. The number of hydrogen-bond donors (Lipinski definition) is 0. The summed E-state index contributed by atoms with van der Waals surface area (Å²) >= 11 is 3.45. The molecule has 0 atom stereocenters. The van der Waals surface area contributed by atoms with Crippen LogP contribution < -0.4 is 4.74 Å². The minimum atomic E-state index is 0.584. The van der Waals surface area contributed by atoms with E-state index < -0.39 is 0 Å². The summed E-state index contributed by atoms with van der Waals surface area (Å²) in [5.41, 5.74) is 2.68. The average molecular weight is 354 g/mol. The summed E-state index contributed by atoms with van der Waals surface area (Å²) in [7, 11) is 0. The molecule has 0 saturated heterocycles. The standard InChI is InChI=1S/C17H12BrN3O/c1-11-9-16-19-17(22-13-6-4-5-12(18)10-13)14-7-2-3-8-15(14)21(16)20-11/h2-10H,1H3. The number of benzene rings is 2. The van der Waals surface area contributed by atoms with Crippen LogP contribution in [0.1, 0.15) is 5.69 Å². The molecule has 0 unspecified atom stereocenters. The Balaban J connectivity index is 1.95. The van der Waals surface area contributed by atoms with Gasteiger partial charge in [-0.25, -0.2) is 4.52 Å². The van der Waals surface area contributed by atoms with Gasteiger partial charge in [-0.05, 0) is 37.3 Å². The number of halogens is 1. The average Bonchev–Trinajstić information content (AvgIpc) is 2.88. The van der Waals surface area contributed by atoms with E-state index in [0.29, 0.717) is 5.88 Å². The van der Waals surface area contributed by atoms with E-state index in [2.05, 4.69) is 26.0 Å². The molecule has 0 radical (unpaired) electrons. The molecule has 4 aromatic rings. The molecule has 108 valence electrons. The summed E-state index contributed by atoms with van der Waals surface area (Å²) in [6.07, 6.45) is 0. The smallest absolute Gasteiger partial charge is 0.230 e. The highest BCUT2D eigenvalue weighted by Crippen LogP contribution is 2.30. The van der Waals surface area contributed by atoms with Gasteiger partial charge in [0.15, 0.2) is 5.65 Å². The van der Waals surface area contributed by atoms with Crippen LogP contribution in [0, 0.1) is 6.92 Å². The molecule has 2 aromatic carbocycles. The zero-order valence-electron chi connectivity index (χ0n) is 11.8. The molecule has 2 heterocycles. The molecule has 0 saturated carbocycles. The quantitative estimate of drug-likeness (QED) is 0.522. The number of rotatable bonds is 2. The van der Waals surface area contributed by atoms with E-state index in [4.69, 9.17) is 4.74 Å². The Kier molecular flexibility index (Phi) is 3.08. The van der Waals surface area contributed by atoms with E-state index in [1.165, 1.54) is 0 Å². The van der Waals surface area contributed by atoms with Crippen molar-refractivity contribution < 1.29 is 4.74 Å². The first kappa shape index (κ1) is 13.3. The van der Waals surface area contributed by atoms with Gasteiger partial charge in [0.05, 0.1) is 16.6 Å². The first-order valence-corrected chi connectivity index (χ1v) is 7.68. The molecule has 22 heavy (non-hydrogen) atoms. The molecule has 0 bridgehead atoms. The third-order valence-electron chi connectivity index (χ3n) is 3.40. The molecular formula is C17H12BrN3O. The molecule has 2 aromatic heterocycles. The van der Waals surface area contributed by atoms with Crippen molar-refractivity contribution in [3.63, 3.8) is 0 Å². The molecule has 0 spiro atoms. The van der Waals surface area contributed by atoms with Crippen molar-refractivity contribution in [2.24, 2.45) is 0 Å². The van der Waals surface area contributed by atoms with Gasteiger partial charge in [-0.2, -0.15) is 10.1 Å². The van der Waals surface area contributed by atoms with Gasteiger partial charge in [0, 0.05) is 10.5 Å². The van der Waals surface area contributed by atoms with Crippen molar-refractivity contribution in [1.29, 1.82) is 0 Å². The highest BCUT2D eigenvalue weighted by atomic mass is 79.9. The largest absolute Gasteiger partial charge is 0.438 e. The summed E-state index contributed by atoms with van der Waals surface area (Å²) in [6, 6.07) is 17.6. The second kappa shape index (κ2) is 5.10. The van der Waals surface area contributed by atoms with Crippen molar-refractivity contribution in [3.05, 3.63) is 64.8 Å². The predicted octanol–water partition coefficient (Wildman–Crippen LogP) is 4.75. The lowest BCUT2D eigenvalue weighted by Crippen LogP contribution is -1.97. The highest BCUT2D eigenvalue weighted by molar-refractivity contribution is 9.10. The van der Waals surface area contributed by atoms with Crippen LogP contribution >= 0.6 is 15.9 Å². The maximum Gasteiger partial charge on any atom is 0.230 e. The van der Waals surface area contributed by atoms with Crippen molar-refractivity contribution in [2.45, 2.75) is 6.92 Å². The number of fused-ring (bicyclic) bond motifs is 3. The maximum atomic E-state index is 6.01. The lowest BCUT2D eigenvalue weighted by Gasteiger charge is -2.09. The first-order chi connectivity index (χ1) is 10.7. The zero-order chi connectivity index (χ0) is 15.1. The lowest BCUT2D eigenvalue weighted by molar-refractivity contribution is 0.469. The van der Waals surface area contributed by atoms with Gasteiger partial charge in [0.1, 0.15) is 5.75 Å². The van der Waals surface area contributed by atoms with Crippen molar-refractivity contribution >= 4 is 32.5 Å². The summed E-state index contributed by atoms with van der Waals surface area (Å²) in [5.74, 6) is 1.33. The molecule has 4 rings (SSSR count). The summed E-state index contributed by atoms with van der Waals surface area (Å²) in [6.45, 7) is 1.96. The lowest BCUT2D eigenvalue weighted by atomic mass is 10.2. The van der Waals surface area contributed by atoms with E-state index in [1.807, 2.05) is 66.0 Å². The minimum Gasteiger partial charge on any atom is -0.438 e. The van der Waals surface area contributed by atoms with E-state index in [-0.39, 0.29) is 0 Å². The second-order valence-corrected chi connectivity index (χ2v) is 5.96. The number of para-hydroxylation sites is 1. The molecule has 0 N–H and O–H groups in total. The van der Waals surface area contributed by atoms with Crippen LogP contribution in [0.25, 0.3) is 16.6 Å². The van der Waals surface area contributed by atoms with E-state index in [9.17, 15) is 0 Å². The second-order valence-electron chi connectivity index (χ2n) is 5.05. The van der Waals surface area contributed by atoms with Gasteiger partial charge in [-0.1, -0.05) is 34.1 Å². The van der Waals surface area contributed by atoms with Crippen LogP contribution in [0.3, 0.4) is 0 Å². The number of nitrogens with zero attached hydrogens (tertiary/aromatic N) is 3. The highest BCUT2D eigenvalue weighted by Gasteiger charge is 2.11. The molecule has 0 aliphatic heterocycles. The summed E-state index contributed by atoms with van der Waals surface area (Å²) in [5, 5.41) is 5.42. The Morgan fingerprint density at radius 3 is 2.77 bits per heavy atom.